The van der Waals surface area contributed by atoms with E-state index in [4.69, 9.17) is 16.3 Å². The van der Waals surface area contributed by atoms with Gasteiger partial charge >= 0.3 is 0 Å². The molecule has 0 radical (unpaired) electrons. The molecule has 7 heteroatoms. The summed E-state index contributed by atoms with van der Waals surface area (Å²) in [5.74, 6) is 0.710. The number of phenols is 1. The van der Waals surface area contributed by atoms with Crippen LogP contribution in [0.4, 0.5) is 0 Å². The van der Waals surface area contributed by atoms with E-state index in [9.17, 15) is 10.2 Å². The SMILES string of the molecule is C=CCN1CC[C@]23c4c5ccc(O)c4O[C@H]2c2c(c4ccccc4n2Cc2ccc(Cl)cc2)C[C@@]3(O)[C@H]1C5.Cl. The molecular formula is C32H30Cl2N2O3. The Morgan fingerprint density at radius 3 is 2.69 bits per heavy atom. The van der Waals surface area contributed by atoms with Crippen LogP contribution >= 0.6 is 24.0 Å². The van der Waals surface area contributed by atoms with Crippen molar-refractivity contribution in [3.63, 3.8) is 0 Å². The van der Waals surface area contributed by atoms with Crippen LogP contribution in [0.1, 0.15) is 40.5 Å². The van der Waals surface area contributed by atoms with Gasteiger partial charge in [0.05, 0.1) is 16.7 Å². The molecule has 2 N–H and O–H groups in total. The van der Waals surface area contributed by atoms with Crippen molar-refractivity contribution in [1.29, 1.82) is 0 Å². The van der Waals surface area contributed by atoms with Crippen molar-refractivity contribution in [2.75, 3.05) is 13.1 Å². The smallest absolute Gasteiger partial charge is 0.166 e. The molecule has 4 atom stereocenters. The van der Waals surface area contributed by atoms with Crippen molar-refractivity contribution in [2.24, 2.45) is 0 Å². The lowest BCUT2D eigenvalue weighted by Gasteiger charge is -2.62. The van der Waals surface area contributed by atoms with Crippen molar-refractivity contribution in [3.05, 3.63) is 106 Å². The number of piperidine rings is 1. The van der Waals surface area contributed by atoms with Gasteiger partial charge in [-0.1, -0.05) is 54.1 Å². The molecule has 2 bridgehead atoms. The molecule has 3 heterocycles. The predicted molar refractivity (Wildman–Crippen MR) is 155 cm³/mol. The van der Waals surface area contributed by atoms with Crippen molar-refractivity contribution < 1.29 is 14.9 Å². The number of ether oxygens (including phenoxy) is 1. The number of phenolic OH excluding ortho intramolecular Hbond substituents is 1. The zero-order valence-corrected chi connectivity index (χ0v) is 23.0. The second-order valence-electron chi connectivity index (χ2n) is 11.4. The summed E-state index contributed by atoms with van der Waals surface area (Å²) in [6.45, 7) is 6.25. The van der Waals surface area contributed by atoms with Gasteiger partial charge < -0.3 is 19.5 Å². The van der Waals surface area contributed by atoms with Crippen LogP contribution in [0.15, 0.2) is 73.3 Å². The van der Waals surface area contributed by atoms with Crippen LogP contribution in [0.25, 0.3) is 10.9 Å². The fraction of sp³-hybridized carbons (Fsp3) is 0.312. The summed E-state index contributed by atoms with van der Waals surface area (Å²) in [7, 11) is 0. The number of para-hydroxylation sites is 1. The van der Waals surface area contributed by atoms with Gasteiger partial charge in [0.1, 0.15) is 0 Å². The van der Waals surface area contributed by atoms with Gasteiger partial charge in [-0.05, 0) is 53.8 Å². The molecule has 0 saturated carbocycles. The molecule has 3 aromatic carbocycles. The van der Waals surface area contributed by atoms with Gasteiger partial charge in [0.15, 0.2) is 17.6 Å². The lowest BCUT2D eigenvalue weighted by molar-refractivity contribution is -0.171. The lowest BCUT2D eigenvalue weighted by atomic mass is 9.49. The van der Waals surface area contributed by atoms with Gasteiger partial charge in [-0.15, -0.1) is 19.0 Å². The van der Waals surface area contributed by atoms with Gasteiger partial charge in [0.25, 0.3) is 0 Å². The van der Waals surface area contributed by atoms with E-state index in [1.165, 1.54) is 5.56 Å². The molecule has 1 spiro atoms. The van der Waals surface area contributed by atoms with E-state index in [0.29, 0.717) is 23.7 Å². The fourth-order valence-electron chi connectivity index (χ4n) is 8.28. The van der Waals surface area contributed by atoms with Gasteiger partial charge in [-0.2, -0.15) is 0 Å². The van der Waals surface area contributed by atoms with Crippen LogP contribution in [-0.2, 0) is 24.8 Å². The highest BCUT2D eigenvalue weighted by molar-refractivity contribution is 6.30. The van der Waals surface area contributed by atoms with Gasteiger partial charge in [0, 0.05) is 53.6 Å². The molecule has 8 rings (SSSR count). The van der Waals surface area contributed by atoms with Crippen LogP contribution < -0.4 is 4.74 Å². The molecule has 5 nitrogen and oxygen atoms in total. The predicted octanol–water partition coefficient (Wildman–Crippen LogP) is 5.95. The van der Waals surface area contributed by atoms with E-state index < -0.39 is 17.1 Å². The molecule has 0 unspecified atom stereocenters. The third-order valence-corrected chi connectivity index (χ3v) is 10.0. The number of likely N-dealkylation sites (tertiary alicyclic amines) is 1. The summed E-state index contributed by atoms with van der Waals surface area (Å²) in [5.41, 5.74) is 5.08. The zero-order chi connectivity index (χ0) is 25.8. The summed E-state index contributed by atoms with van der Waals surface area (Å²) in [6, 6.07) is 20.2. The summed E-state index contributed by atoms with van der Waals surface area (Å²) >= 11 is 6.20. The van der Waals surface area contributed by atoms with Crippen LogP contribution in [0.3, 0.4) is 0 Å². The second kappa shape index (κ2) is 8.52. The molecule has 4 aliphatic rings. The topological polar surface area (TPSA) is 57.9 Å². The van der Waals surface area contributed by atoms with E-state index in [0.717, 1.165) is 59.2 Å². The Hall–Kier alpha value is -2.96. The molecule has 39 heavy (non-hydrogen) atoms. The minimum absolute atomic E-state index is 0. The third kappa shape index (κ3) is 3.05. The Bertz CT molecular complexity index is 1650. The number of aliphatic hydroxyl groups is 1. The van der Waals surface area contributed by atoms with Crippen molar-refractivity contribution in [2.45, 2.75) is 49.0 Å². The Morgan fingerprint density at radius 2 is 1.90 bits per heavy atom. The number of aromatic hydroxyl groups is 1. The number of hydrogen-bond acceptors (Lipinski definition) is 4. The number of aromatic nitrogens is 1. The average molecular weight is 562 g/mol. The molecular weight excluding hydrogens is 531 g/mol. The van der Waals surface area contributed by atoms with Crippen LogP contribution in [0, 0.1) is 0 Å². The molecule has 2 aliphatic heterocycles. The summed E-state index contributed by atoms with van der Waals surface area (Å²) in [5, 5.41) is 25.8. The van der Waals surface area contributed by atoms with Crippen molar-refractivity contribution >= 4 is 34.9 Å². The first-order valence-electron chi connectivity index (χ1n) is 13.4. The van der Waals surface area contributed by atoms with E-state index in [-0.39, 0.29) is 24.2 Å². The maximum atomic E-state index is 13.0. The normalized spacial score (nSPS) is 27.8. The fourth-order valence-corrected chi connectivity index (χ4v) is 8.41. The number of fused-ring (bicyclic) bond motifs is 4. The average Bonchev–Trinajstić information content (AvgIpc) is 3.41. The van der Waals surface area contributed by atoms with E-state index in [1.54, 1.807) is 6.07 Å². The minimum Gasteiger partial charge on any atom is -0.504 e. The van der Waals surface area contributed by atoms with Crippen LogP contribution in [0.2, 0.25) is 5.02 Å². The van der Waals surface area contributed by atoms with Gasteiger partial charge in [-0.25, -0.2) is 0 Å². The molecule has 1 saturated heterocycles. The maximum absolute atomic E-state index is 13.0. The van der Waals surface area contributed by atoms with Crippen LogP contribution in [-0.4, -0.2) is 44.4 Å². The van der Waals surface area contributed by atoms with Crippen molar-refractivity contribution in [1.82, 2.24) is 9.47 Å². The lowest BCUT2D eigenvalue weighted by Crippen LogP contribution is -2.74. The molecule has 1 aromatic heterocycles. The third-order valence-electron chi connectivity index (χ3n) is 9.76. The highest BCUT2D eigenvalue weighted by Crippen LogP contribution is 2.69. The van der Waals surface area contributed by atoms with Crippen molar-refractivity contribution in [3.8, 4) is 11.5 Å². The summed E-state index contributed by atoms with van der Waals surface area (Å²) in [4.78, 5) is 2.39. The van der Waals surface area contributed by atoms with Gasteiger partial charge in [0.2, 0.25) is 0 Å². The van der Waals surface area contributed by atoms with E-state index >= 15 is 0 Å². The van der Waals surface area contributed by atoms with E-state index in [2.05, 4.69) is 52.4 Å². The van der Waals surface area contributed by atoms with Crippen LogP contribution in [0.5, 0.6) is 11.5 Å². The quantitative estimate of drug-likeness (QED) is 0.303. The molecule has 200 valence electrons. The number of nitrogens with zero attached hydrogens (tertiary/aromatic N) is 2. The standard InChI is InChI=1S/C32H29ClN2O3.ClH/c1-2-14-34-15-13-31-27-20-9-12-25(36)29(27)38-30(31)28-23(17-32(31,37)26(34)16-20)22-5-3-4-6-24(22)35(28)18-19-7-10-21(33)11-8-19;/h2-12,26,30,36-37H,1,13-18H2;1H/t26-,30+,31+,32-;/m1./s1. The summed E-state index contributed by atoms with van der Waals surface area (Å²) in [6.07, 6.45) is 3.57. The Morgan fingerprint density at radius 1 is 1.10 bits per heavy atom. The molecule has 0 amide bonds. The Labute approximate surface area is 238 Å². The summed E-state index contributed by atoms with van der Waals surface area (Å²) < 4.78 is 9.20. The molecule has 2 aliphatic carbocycles. The first kappa shape index (κ1) is 25.0. The highest BCUT2D eigenvalue weighted by atomic mass is 35.5. The second-order valence-corrected chi connectivity index (χ2v) is 11.8. The maximum Gasteiger partial charge on any atom is 0.166 e. The molecule has 1 fully saturated rings. The first-order chi connectivity index (χ1) is 18.5. The van der Waals surface area contributed by atoms with Gasteiger partial charge in [-0.3, -0.25) is 4.90 Å². The first-order valence-corrected chi connectivity index (χ1v) is 13.8. The minimum atomic E-state index is -1.03. The number of hydrogen-bond donors (Lipinski definition) is 2. The zero-order valence-electron chi connectivity index (χ0n) is 21.4. The monoisotopic (exact) mass is 560 g/mol. The molecule has 4 aromatic rings. The highest BCUT2D eigenvalue weighted by Gasteiger charge is 2.73. The Kier molecular flexibility index (Phi) is 5.47. The number of rotatable bonds is 4. The number of benzene rings is 3. The Balaban J connectivity index is 0.00000253. The number of halogens is 2. The van der Waals surface area contributed by atoms with E-state index in [1.807, 2.05) is 24.3 Å². The largest absolute Gasteiger partial charge is 0.504 e.